The quantitative estimate of drug-likeness (QED) is 0.0356. The van der Waals surface area contributed by atoms with E-state index in [4.69, 9.17) is 28.4 Å². The lowest BCUT2D eigenvalue weighted by Gasteiger charge is -2.37. The van der Waals surface area contributed by atoms with Crippen LogP contribution < -0.4 is 5.32 Å². The highest BCUT2D eigenvalue weighted by Crippen LogP contribution is 2.40. The van der Waals surface area contributed by atoms with E-state index < -0.39 is 5.41 Å². The fourth-order valence-electron chi connectivity index (χ4n) is 13.3. The highest BCUT2D eigenvalue weighted by atomic mass is 16.5. The third kappa shape index (κ3) is 36.5. The van der Waals surface area contributed by atoms with Crippen molar-refractivity contribution in [2.24, 2.45) is 29.6 Å². The van der Waals surface area contributed by atoms with Crippen LogP contribution >= 0.6 is 0 Å². The van der Waals surface area contributed by atoms with Gasteiger partial charge in [0.25, 0.3) is 0 Å². The molecule has 0 saturated heterocycles. The Kier molecular flexibility index (Phi) is 47.7. The molecule has 1 N–H and O–H groups in total. The number of aryl methyl sites for hydroxylation is 2. The smallest absolute Gasteiger partial charge is 0.235 e. The molecule has 620 valence electrons. The number of carbonyl (C=O) groups excluding carboxylic acids is 3. The molecule has 0 bridgehead atoms. The van der Waals surface area contributed by atoms with Crippen LogP contribution in [0.2, 0.25) is 0 Å². The molecule has 1 amide bonds. The zero-order valence-electron chi connectivity index (χ0n) is 71.9. The first kappa shape index (κ1) is 96.0. The monoisotopic (exact) mass is 1560 g/mol. The first-order valence-electron chi connectivity index (χ1n) is 42.3. The SMILES string of the molecule is CCCOCc1ccc(COCCC(C)C)cc1.CCCOCc1ccc(COCCCC(=O)C(c2ccccc2)C(C)C)cc1.CCCOCc1ccc(COCCCC(=O)CC(C)C)cc1.CCCn1cc(C(c2ccccc2)C(C)C)nn1.CCCn1cc(CNC(=O)C(c2ccccc2)(c2ccccc2)C(C)C)nn1. The van der Waals surface area contributed by atoms with Crippen LogP contribution in [0.15, 0.2) is 207 Å². The number of benzene rings is 7. The molecule has 0 aliphatic carbocycles. The van der Waals surface area contributed by atoms with Crippen LogP contribution in [0.25, 0.3) is 0 Å². The van der Waals surface area contributed by atoms with Crippen molar-refractivity contribution in [3.8, 4) is 0 Å². The van der Waals surface area contributed by atoms with Gasteiger partial charge < -0.3 is 33.7 Å². The predicted octanol–water partition coefficient (Wildman–Crippen LogP) is 22.0. The number of ketones is 2. The van der Waals surface area contributed by atoms with Crippen molar-refractivity contribution in [1.29, 1.82) is 0 Å². The van der Waals surface area contributed by atoms with E-state index in [0.717, 1.165) is 130 Å². The maximum absolute atomic E-state index is 13.6. The summed E-state index contributed by atoms with van der Waals surface area (Å²) in [4.78, 5) is 37.9. The van der Waals surface area contributed by atoms with E-state index in [1.165, 1.54) is 27.8 Å². The molecule has 0 spiro atoms. The average molecular weight is 1560 g/mol. The summed E-state index contributed by atoms with van der Waals surface area (Å²) in [5.41, 5.74) is 12.6. The van der Waals surface area contributed by atoms with Crippen molar-refractivity contribution < 1.29 is 42.8 Å². The van der Waals surface area contributed by atoms with Crippen molar-refractivity contribution in [2.75, 3.05) is 39.6 Å². The van der Waals surface area contributed by atoms with E-state index >= 15 is 0 Å². The molecule has 0 aliphatic rings. The van der Waals surface area contributed by atoms with Crippen molar-refractivity contribution in [3.63, 3.8) is 0 Å². The van der Waals surface area contributed by atoms with Gasteiger partial charge >= 0.3 is 0 Å². The predicted molar refractivity (Wildman–Crippen MR) is 464 cm³/mol. The molecule has 2 aromatic heterocycles. The molecule has 16 nitrogen and oxygen atoms in total. The fourth-order valence-corrected chi connectivity index (χ4v) is 13.3. The molecule has 16 heteroatoms. The summed E-state index contributed by atoms with van der Waals surface area (Å²) < 4.78 is 37.3. The van der Waals surface area contributed by atoms with Gasteiger partial charge in [-0.3, -0.25) is 23.7 Å². The topological polar surface area (TPSA) is 180 Å². The average Bonchev–Trinajstić information content (AvgIpc) is 0.807. The van der Waals surface area contributed by atoms with Gasteiger partial charge in [0, 0.05) is 90.0 Å². The van der Waals surface area contributed by atoms with E-state index in [9.17, 15) is 14.4 Å². The summed E-state index contributed by atoms with van der Waals surface area (Å²) in [7, 11) is 0. The van der Waals surface area contributed by atoms with E-state index in [0.29, 0.717) is 120 Å². The first-order valence-corrected chi connectivity index (χ1v) is 42.3. The molecule has 0 fully saturated rings. The Labute approximate surface area is 685 Å². The molecule has 2 unspecified atom stereocenters. The number of carbonyl (C=O) groups is 3. The van der Waals surface area contributed by atoms with Crippen LogP contribution in [0.5, 0.6) is 0 Å². The van der Waals surface area contributed by atoms with Crippen molar-refractivity contribution in [2.45, 2.75) is 251 Å². The zero-order valence-corrected chi connectivity index (χ0v) is 71.9. The Morgan fingerprint density at radius 2 is 0.781 bits per heavy atom. The third-order valence-electron chi connectivity index (χ3n) is 19.1. The highest BCUT2D eigenvalue weighted by Gasteiger charge is 2.45. The van der Waals surface area contributed by atoms with Crippen LogP contribution in [0.4, 0.5) is 0 Å². The summed E-state index contributed by atoms with van der Waals surface area (Å²) in [5, 5.41) is 20.0. The van der Waals surface area contributed by atoms with Gasteiger partial charge in [0.1, 0.15) is 22.7 Å². The largest absolute Gasteiger partial charge is 0.377 e. The van der Waals surface area contributed by atoms with Crippen LogP contribution in [-0.2, 0) is 107 Å². The number of nitrogens with one attached hydrogen (secondary N) is 1. The van der Waals surface area contributed by atoms with E-state index in [2.05, 4.69) is 251 Å². The van der Waals surface area contributed by atoms with Gasteiger partial charge in [-0.2, -0.15) is 0 Å². The van der Waals surface area contributed by atoms with Gasteiger partial charge in [0.2, 0.25) is 5.91 Å². The Bertz CT molecular complexity index is 3880. The Morgan fingerprint density at radius 3 is 1.16 bits per heavy atom. The zero-order chi connectivity index (χ0) is 82.6. The Morgan fingerprint density at radius 1 is 0.404 bits per heavy atom. The molecule has 114 heavy (non-hydrogen) atoms. The van der Waals surface area contributed by atoms with Crippen LogP contribution in [-0.4, -0.2) is 87.1 Å². The lowest BCUT2D eigenvalue weighted by Crippen LogP contribution is -2.48. The molecular formula is C98H139N7O9. The van der Waals surface area contributed by atoms with Gasteiger partial charge in [0.05, 0.1) is 58.1 Å². The van der Waals surface area contributed by atoms with Crippen molar-refractivity contribution in [1.82, 2.24) is 35.3 Å². The number of hydrogen-bond acceptors (Lipinski definition) is 13. The number of nitrogens with zero attached hydrogens (tertiary/aromatic N) is 6. The number of ether oxygens (including phenoxy) is 6. The number of amides is 1. The van der Waals surface area contributed by atoms with Gasteiger partial charge in [0.15, 0.2) is 0 Å². The number of rotatable bonds is 47. The summed E-state index contributed by atoms with van der Waals surface area (Å²) in [6.45, 7) is 42.6. The minimum atomic E-state index is -0.776. The van der Waals surface area contributed by atoms with Crippen molar-refractivity contribution >= 4 is 17.5 Å². The molecule has 7 aromatic carbocycles. The number of Topliss-reactive ketones (excluding diaryl/α,β-unsaturated/α-hetero) is 2. The lowest BCUT2D eigenvalue weighted by molar-refractivity contribution is -0.127. The highest BCUT2D eigenvalue weighted by molar-refractivity contribution is 5.92. The number of hydrogen-bond donors (Lipinski definition) is 1. The molecule has 2 heterocycles. The minimum absolute atomic E-state index is 0.0232. The van der Waals surface area contributed by atoms with Crippen LogP contribution in [0.3, 0.4) is 0 Å². The number of aromatic nitrogens is 6. The molecule has 9 rings (SSSR count). The van der Waals surface area contributed by atoms with E-state index in [-0.39, 0.29) is 17.7 Å². The molecular weight excluding hydrogens is 1420 g/mol. The first-order chi connectivity index (χ1) is 55.3. The molecule has 9 aromatic rings. The third-order valence-corrected chi connectivity index (χ3v) is 19.1. The summed E-state index contributed by atoms with van der Waals surface area (Å²) in [6, 6.07) is 65.8. The standard InChI is InChI=1S/C25H34O3.C23H28N4O.C19H30O3.C16H26O2.C15H21N3/c1-4-16-27-18-21-12-14-22(15-13-21)19-28-17-8-11-24(26)25(20(2)3)23-9-6-5-7-10-23;1-4-15-27-17-21(25-26-27)16-24-22(28)23(18(2)3,19-11-7-5-8-12-19)20-13-9-6-10-14-20;1-4-11-21-14-17-7-9-18(10-8-17)15-22-12-5-6-19(20)13-16(2)3;1-4-10-17-12-15-5-7-16(8-6-15)13-18-11-9-14(2)3;1-4-10-18-11-14(16-17-18)15(12(2)3)13-8-6-5-7-9-13/h5-7,9-10,12-15,20,25H,4,8,11,16-19H2,1-3H3;5-14,17-18H,4,15-16H2,1-3H3,(H,24,28);7-10,16H,4-6,11-15H2,1-3H3;5-8,14H,4,9-13H2,1-3H3;5-9,11-12,15H,4,10H2,1-3H3. The summed E-state index contributed by atoms with van der Waals surface area (Å²) in [6.07, 6.45) is 13.8. The van der Waals surface area contributed by atoms with Crippen LogP contribution in [0, 0.1) is 29.6 Å². The van der Waals surface area contributed by atoms with Gasteiger partial charge in [-0.15, -0.1) is 10.2 Å². The fraction of sp³-hybridized carbons (Fsp3) is 0.500. The van der Waals surface area contributed by atoms with E-state index in [1.807, 2.05) is 94.4 Å². The molecule has 2 atom stereocenters. The van der Waals surface area contributed by atoms with Gasteiger partial charge in [-0.05, 0) is 137 Å². The second-order valence-electron chi connectivity index (χ2n) is 31.3. The molecule has 0 saturated carbocycles. The second-order valence-corrected chi connectivity index (χ2v) is 31.3. The van der Waals surface area contributed by atoms with E-state index in [1.54, 1.807) is 0 Å². The maximum Gasteiger partial charge on any atom is 0.235 e. The van der Waals surface area contributed by atoms with Gasteiger partial charge in [-0.25, -0.2) is 0 Å². The minimum Gasteiger partial charge on any atom is -0.377 e. The summed E-state index contributed by atoms with van der Waals surface area (Å²) in [5.74, 6) is 2.97. The summed E-state index contributed by atoms with van der Waals surface area (Å²) >= 11 is 0. The lowest BCUT2D eigenvalue weighted by atomic mass is 9.66. The normalized spacial score (nSPS) is 11.8. The molecule has 0 aliphatic heterocycles. The van der Waals surface area contributed by atoms with Crippen LogP contribution in [0.1, 0.15) is 253 Å². The Balaban J connectivity index is 0.000000258. The maximum atomic E-state index is 13.6. The molecule has 0 radical (unpaired) electrons. The van der Waals surface area contributed by atoms with Crippen molar-refractivity contribution in [3.05, 3.63) is 274 Å². The Hall–Kier alpha value is -8.61. The van der Waals surface area contributed by atoms with Gasteiger partial charge in [-0.1, -0.05) is 308 Å². The second kappa shape index (κ2) is 56.6.